The SMILES string of the molecule is CC(CO)N(C)CCCN=[N+]=[N-]. The summed E-state index contributed by atoms with van der Waals surface area (Å²) in [6, 6.07) is 0.177. The lowest BCUT2D eigenvalue weighted by molar-refractivity contribution is 0.158. The summed E-state index contributed by atoms with van der Waals surface area (Å²) in [6.07, 6.45) is 0.838. The summed E-state index contributed by atoms with van der Waals surface area (Å²) >= 11 is 0. The van der Waals surface area contributed by atoms with Gasteiger partial charge in [-0.05, 0) is 32.5 Å². The van der Waals surface area contributed by atoms with Crippen molar-refractivity contribution in [2.75, 3.05) is 26.7 Å². The predicted octanol–water partition coefficient (Wildman–Crippen LogP) is 0.999. The molecule has 0 aliphatic carbocycles. The number of rotatable bonds is 6. The van der Waals surface area contributed by atoms with Gasteiger partial charge in [-0.25, -0.2) is 0 Å². The first kappa shape index (κ1) is 11.2. The highest BCUT2D eigenvalue weighted by Crippen LogP contribution is 1.95. The van der Waals surface area contributed by atoms with Crippen molar-refractivity contribution in [3.63, 3.8) is 0 Å². The lowest BCUT2D eigenvalue weighted by Gasteiger charge is -2.21. The van der Waals surface area contributed by atoms with E-state index in [0.29, 0.717) is 6.54 Å². The smallest absolute Gasteiger partial charge is 0.0584 e. The minimum Gasteiger partial charge on any atom is -0.395 e. The molecule has 0 bridgehead atoms. The molecule has 0 aromatic rings. The molecule has 0 fully saturated rings. The van der Waals surface area contributed by atoms with E-state index in [-0.39, 0.29) is 12.6 Å². The van der Waals surface area contributed by atoms with Crippen LogP contribution in [-0.4, -0.2) is 42.8 Å². The van der Waals surface area contributed by atoms with Crippen LogP contribution in [0.4, 0.5) is 0 Å². The normalized spacial score (nSPS) is 12.7. The van der Waals surface area contributed by atoms with Gasteiger partial charge in [-0.3, -0.25) is 0 Å². The fourth-order valence-corrected chi connectivity index (χ4v) is 0.795. The zero-order valence-corrected chi connectivity index (χ0v) is 7.64. The number of hydrogen-bond acceptors (Lipinski definition) is 3. The molecule has 0 amide bonds. The van der Waals surface area contributed by atoms with Crippen LogP contribution in [0.3, 0.4) is 0 Å². The minimum absolute atomic E-state index is 0.165. The molecule has 1 N–H and O–H groups in total. The molecule has 0 radical (unpaired) electrons. The van der Waals surface area contributed by atoms with Crippen molar-refractivity contribution >= 4 is 0 Å². The Morgan fingerprint density at radius 3 is 2.83 bits per heavy atom. The summed E-state index contributed by atoms with van der Waals surface area (Å²) in [4.78, 5) is 4.69. The summed E-state index contributed by atoms with van der Waals surface area (Å²) in [5.74, 6) is 0. The van der Waals surface area contributed by atoms with Gasteiger partial charge in [-0.2, -0.15) is 0 Å². The van der Waals surface area contributed by atoms with E-state index in [0.717, 1.165) is 13.0 Å². The molecule has 1 unspecified atom stereocenters. The molecular formula is C7H16N4O. The van der Waals surface area contributed by atoms with Crippen molar-refractivity contribution in [3.8, 4) is 0 Å². The zero-order chi connectivity index (χ0) is 9.40. The van der Waals surface area contributed by atoms with E-state index in [2.05, 4.69) is 10.0 Å². The van der Waals surface area contributed by atoms with E-state index in [1.165, 1.54) is 0 Å². The molecule has 0 spiro atoms. The molecule has 0 saturated carbocycles. The maximum atomic E-state index is 8.78. The molecule has 0 aliphatic heterocycles. The van der Waals surface area contributed by atoms with Gasteiger partial charge in [-0.1, -0.05) is 5.11 Å². The second-order valence-corrected chi connectivity index (χ2v) is 2.82. The molecular weight excluding hydrogens is 156 g/mol. The highest BCUT2D eigenvalue weighted by atomic mass is 16.3. The Morgan fingerprint density at radius 1 is 1.67 bits per heavy atom. The zero-order valence-electron chi connectivity index (χ0n) is 7.64. The van der Waals surface area contributed by atoms with Gasteiger partial charge in [0.05, 0.1) is 6.61 Å². The number of azide groups is 1. The average Bonchev–Trinajstić information content (AvgIpc) is 2.10. The van der Waals surface area contributed by atoms with Crippen molar-refractivity contribution in [1.29, 1.82) is 0 Å². The highest BCUT2D eigenvalue weighted by Gasteiger charge is 2.05. The molecule has 0 aromatic carbocycles. The topological polar surface area (TPSA) is 72.2 Å². The molecule has 0 aliphatic rings. The Labute approximate surface area is 72.6 Å². The maximum Gasteiger partial charge on any atom is 0.0584 e. The Hall–Kier alpha value is -0.770. The van der Waals surface area contributed by atoms with Crippen LogP contribution in [0.1, 0.15) is 13.3 Å². The lowest BCUT2D eigenvalue weighted by atomic mass is 10.3. The molecule has 0 aromatic heterocycles. The largest absolute Gasteiger partial charge is 0.395 e. The summed E-state index contributed by atoms with van der Waals surface area (Å²) in [5.41, 5.74) is 7.99. The van der Waals surface area contributed by atoms with Crippen molar-refractivity contribution < 1.29 is 5.11 Å². The molecule has 1 atom stereocenters. The van der Waals surface area contributed by atoms with Crippen LogP contribution in [0.2, 0.25) is 0 Å². The van der Waals surface area contributed by atoms with Crippen molar-refractivity contribution in [3.05, 3.63) is 10.4 Å². The first-order valence-corrected chi connectivity index (χ1v) is 4.04. The van der Waals surface area contributed by atoms with Gasteiger partial charge < -0.3 is 10.0 Å². The van der Waals surface area contributed by atoms with Crippen LogP contribution in [-0.2, 0) is 0 Å². The van der Waals surface area contributed by atoms with E-state index >= 15 is 0 Å². The molecule has 0 rings (SSSR count). The van der Waals surface area contributed by atoms with Gasteiger partial charge in [0, 0.05) is 17.5 Å². The van der Waals surface area contributed by atoms with Gasteiger partial charge in [-0.15, -0.1) is 0 Å². The van der Waals surface area contributed by atoms with Gasteiger partial charge >= 0.3 is 0 Å². The number of nitrogens with zero attached hydrogens (tertiary/aromatic N) is 4. The fourth-order valence-electron chi connectivity index (χ4n) is 0.795. The number of likely N-dealkylation sites (N-methyl/N-ethyl adjacent to an activating group) is 1. The predicted molar refractivity (Wildman–Crippen MR) is 47.8 cm³/mol. The summed E-state index contributed by atoms with van der Waals surface area (Å²) in [7, 11) is 1.94. The van der Waals surface area contributed by atoms with E-state index in [4.69, 9.17) is 10.6 Å². The first-order chi connectivity index (χ1) is 5.72. The molecule has 12 heavy (non-hydrogen) atoms. The number of hydrogen-bond donors (Lipinski definition) is 1. The standard InChI is InChI=1S/C7H16N4O/c1-7(6-12)11(2)5-3-4-9-10-8/h7,12H,3-6H2,1-2H3. The Kier molecular flexibility index (Phi) is 6.47. The van der Waals surface area contributed by atoms with Crippen LogP contribution in [0.5, 0.6) is 0 Å². The summed E-state index contributed by atoms with van der Waals surface area (Å²) in [5, 5.41) is 12.2. The van der Waals surface area contributed by atoms with Crippen molar-refractivity contribution in [1.82, 2.24) is 4.90 Å². The van der Waals surface area contributed by atoms with Crippen molar-refractivity contribution in [2.45, 2.75) is 19.4 Å². The molecule has 5 heteroatoms. The quantitative estimate of drug-likeness (QED) is 0.281. The van der Waals surface area contributed by atoms with E-state index in [9.17, 15) is 0 Å². The second-order valence-electron chi connectivity index (χ2n) is 2.82. The van der Waals surface area contributed by atoms with Crippen LogP contribution in [0.15, 0.2) is 5.11 Å². The third kappa shape index (κ3) is 4.96. The van der Waals surface area contributed by atoms with E-state index in [1.54, 1.807) is 0 Å². The number of aliphatic hydroxyl groups is 1. The van der Waals surface area contributed by atoms with Gasteiger partial charge in [0.1, 0.15) is 0 Å². The summed E-state index contributed by atoms with van der Waals surface area (Å²) in [6.45, 7) is 3.49. The minimum atomic E-state index is 0.165. The van der Waals surface area contributed by atoms with Gasteiger partial charge in [0.2, 0.25) is 0 Å². The van der Waals surface area contributed by atoms with Crippen LogP contribution in [0, 0.1) is 0 Å². The first-order valence-electron chi connectivity index (χ1n) is 4.04. The Balaban J connectivity index is 3.42. The maximum absolute atomic E-state index is 8.78. The van der Waals surface area contributed by atoms with E-state index in [1.807, 2.05) is 18.9 Å². The monoisotopic (exact) mass is 172 g/mol. The molecule has 5 nitrogen and oxygen atoms in total. The van der Waals surface area contributed by atoms with E-state index < -0.39 is 0 Å². The molecule has 0 heterocycles. The van der Waals surface area contributed by atoms with Crippen LogP contribution < -0.4 is 0 Å². The van der Waals surface area contributed by atoms with Gasteiger partial charge in [0.25, 0.3) is 0 Å². The third-order valence-corrected chi connectivity index (χ3v) is 1.85. The Morgan fingerprint density at radius 2 is 2.33 bits per heavy atom. The highest BCUT2D eigenvalue weighted by molar-refractivity contribution is 4.61. The second kappa shape index (κ2) is 6.91. The average molecular weight is 172 g/mol. The Bertz CT molecular complexity index is 155. The fraction of sp³-hybridized carbons (Fsp3) is 1.00. The van der Waals surface area contributed by atoms with Gasteiger partial charge in [0.15, 0.2) is 0 Å². The van der Waals surface area contributed by atoms with Crippen LogP contribution in [0.25, 0.3) is 10.4 Å². The molecule has 0 saturated heterocycles. The van der Waals surface area contributed by atoms with Crippen molar-refractivity contribution in [2.24, 2.45) is 5.11 Å². The lowest BCUT2D eigenvalue weighted by Crippen LogP contribution is -2.32. The summed E-state index contributed by atoms with van der Waals surface area (Å²) < 4.78 is 0. The third-order valence-electron chi connectivity index (χ3n) is 1.85. The van der Waals surface area contributed by atoms with Crippen LogP contribution >= 0.6 is 0 Å². The molecule has 70 valence electrons. The number of aliphatic hydroxyl groups excluding tert-OH is 1.